The lowest BCUT2D eigenvalue weighted by Gasteiger charge is -2.09. The molecule has 1 aromatic carbocycles. The molecule has 1 heterocycles. The summed E-state index contributed by atoms with van der Waals surface area (Å²) >= 11 is 0. The van der Waals surface area contributed by atoms with E-state index in [0.29, 0.717) is 0 Å². The number of pyridine rings is 1. The highest BCUT2D eigenvalue weighted by molar-refractivity contribution is 5.92. The second-order valence-corrected chi connectivity index (χ2v) is 3.46. The van der Waals surface area contributed by atoms with Crippen LogP contribution in [0.4, 0.5) is 5.69 Å². The summed E-state index contributed by atoms with van der Waals surface area (Å²) in [7, 11) is 0. The Hall–Kier alpha value is -1.57. The van der Waals surface area contributed by atoms with E-state index < -0.39 is 0 Å². The third-order valence-electron chi connectivity index (χ3n) is 2.60. The van der Waals surface area contributed by atoms with Crippen LogP contribution in [-0.4, -0.2) is 4.98 Å². The molecule has 0 unspecified atom stereocenters. The average molecular weight is 186 g/mol. The molecule has 72 valence electrons. The third-order valence-corrected chi connectivity index (χ3v) is 2.60. The second-order valence-electron chi connectivity index (χ2n) is 3.46. The van der Waals surface area contributed by atoms with Crippen LogP contribution < -0.4 is 5.73 Å². The van der Waals surface area contributed by atoms with E-state index in [4.69, 9.17) is 5.73 Å². The number of rotatable bonds is 1. The van der Waals surface area contributed by atoms with E-state index in [1.807, 2.05) is 31.2 Å². The molecule has 1 aromatic heterocycles. The predicted octanol–water partition coefficient (Wildman–Crippen LogP) is 2.69. The zero-order valence-corrected chi connectivity index (χ0v) is 8.54. The Morgan fingerprint density at radius 1 is 1.29 bits per heavy atom. The van der Waals surface area contributed by atoms with Crippen molar-refractivity contribution in [2.75, 3.05) is 5.73 Å². The number of aromatic nitrogens is 1. The molecule has 0 aliphatic carbocycles. The molecule has 0 spiro atoms. The second kappa shape index (κ2) is 3.29. The van der Waals surface area contributed by atoms with Crippen LogP contribution in [0.2, 0.25) is 0 Å². The molecule has 0 radical (unpaired) electrons. The highest BCUT2D eigenvalue weighted by Gasteiger charge is 2.06. The minimum absolute atomic E-state index is 0.885. The number of aryl methyl sites for hydroxylation is 1. The molecule has 0 atom stereocenters. The van der Waals surface area contributed by atoms with Crippen molar-refractivity contribution in [2.45, 2.75) is 20.3 Å². The number of nitrogens with zero attached hydrogens (tertiary/aromatic N) is 1. The van der Waals surface area contributed by atoms with E-state index in [0.717, 1.165) is 28.7 Å². The van der Waals surface area contributed by atoms with Gasteiger partial charge in [-0.2, -0.15) is 0 Å². The number of para-hydroxylation sites is 1. The first-order valence-electron chi connectivity index (χ1n) is 4.87. The van der Waals surface area contributed by atoms with Crippen LogP contribution in [0.5, 0.6) is 0 Å². The Labute approximate surface area is 83.8 Å². The lowest BCUT2D eigenvalue weighted by Crippen LogP contribution is -2.00. The highest BCUT2D eigenvalue weighted by atomic mass is 14.7. The SMILES string of the molecule is CCc1c(C)nc2ccccc2c1N. The summed E-state index contributed by atoms with van der Waals surface area (Å²) in [6.07, 6.45) is 0.940. The van der Waals surface area contributed by atoms with Gasteiger partial charge in [0, 0.05) is 16.8 Å². The molecule has 14 heavy (non-hydrogen) atoms. The standard InChI is InChI=1S/C12H14N2/c1-3-9-8(2)14-11-7-5-4-6-10(11)12(9)13/h4-7H,3H2,1-2H3,(H2,13,14). The number of hydrogen-bond acceptors (Lipinski definition) is 2. The van der Waals surface area contributed by atoms with E-state index in [1.54, 1.807) is 0 Å². The van der Waals surface area contributed by atoms with Crippen molar-refractivity contribution in [3.63, 3.8) is 0 Å². The predicted molar refractivity (Wildman–Crippen MR) is 60.3 cm³/mol. The van der Waals surface area contributed by atoms with Crippen molar-refractivity contribution in [2.24, 2.45) is 0 Å². The number of hydrogen-bond donors (Lipinski definition) is 1. The van der Waals surface area contributed by atoms with Crippen LogP contribution in [-0.2, 0) is 6.42 Å². The van der Waals surface area contributed by atoms with E-state index >= 15 is 0 Å². The number of nitrogen functional groups attached to an aromatic ring is 1. The van der Waals surface area contributed by atoms with Crippen molar-refractivity contribution < 1.29 is 0 Å². The Kier molecular flexibility index (Phi) is 2.12. The van der Waals surface area contributed by atoms with Crippen LogP contribution in [0.1, 0.15) is 18.2 Å². The minimum Gasteiger partial charge on any atom is -0.398 e. The number of benzene rings is 1. The largest absolute Gasteiger partial charge is 0.398 e. The van der Waals surface area contributed by atoms with Crippen LogP contribution in [0, 0.1) is 6.92 Å². The first kappa shape index (κ1) is 9.00. The van der Waals surface area contributed by atoms with Gasteiger partial charge in [-0.05, 0) is 25.0 Å². The molecule has 0 saturated carbocycles. The van der Waals surface area contributed by atoms with E-state index in [9.17, 15) is 0 Å². The van der Waals surface area contributed by atoms with Crippen LogP contribution >= 0.6 is 0 Å². The quantitative estimate of drug-likeness (QED) is 0.743. The molecule has 0 fully saturated rings. The topological polar surface area (TPSA) is 38.9 Å². The van der Waals surface area contributed by atoms with Gasteiger partial charge < -0.3 is 5.73 Å². The highest BCUT2D eigenvalue weighted by Crippen LogP contribution is 2.25. The van der Waals surface area contributed by atoms with Gasteiger partial charge in [0.15, 0.2) is 0 Å². The van der Waals surface area contributed by atoms with Gasteiger partial charge in [-0.1, -0.05) is 25.1 Å². The maximum absolute atomic E-state index is 6.09. The first-order valence-corrected chi connectivity index (χ1v) is 4.87. The fraction of sp³-hybridized carbons (Fsp3) is 0.250. The molecule has 2 heteroatoms. The van der Waals surface area contributed by atoms with E-state index in [2.05, 4.69) is 11.9 Å². The van der Waals surface area contributed by atoms with Crippen LogP contribution in [0.3, 0.4) is 0 Å². The summed E-state index contributed by atoms with van der Waals surface area (Å²) in [4.78, 5) is 4.53. The lowest BCUT2D eigenvalue weighted by atomic mass is 10.0. The van der Waals surface area contributed by atoms with Crippen molar-refractivity contribution in [1.82, 2.24) is 4.98 Å². The zero-order valence-electron chi connectivity index (χ0n) is 8.54. The van der Waals surface area contributed by atoms with Crippen LogP contribution in [0.25, 0.3) is 10.9 Å². The Balaban J connectivity index is 2.86. The summed E-state index contributed by atoms with van der Waals surface area (Å²) in [6, 6.07) is 8.00. The monoisotopic (exact) mass is 186 g/mol. The Bertz CT molecular complexity index is 475. The van der Waals surface area contributed by atoms with Gasteiger partial charge in [-0.3, -0.25) is 4.98 Å². The molecule has 0 aliphatic rings. The van der Waals surface area contributed by atoms with E-state index in [-0.39, 0.29) is 0 Å². The number of anilines is 1. The van der Waals surface area contributed by atoms with Crippen molar-refractivity contribution in [3.8, 4) is 0 Å². The third kappa shape index (κ3) is 1.23. The van der Waals surface area contributed by atoms with E-state index in [1.165, 1.54) is 5.56 Å². The van der Waals surface area contributed by atoms with Gasteiger partial charge in [0.05, 0.1) is 5.52 Å². The zero-order chi connectivity index (χ0) is 10.1. The molecule has 0 aliphatic heterocycles. The van der Waals surface area contributed by atoms with Gasteiger partial charge in [0.2, 0.25) is 0 Å². The average Bonchev–Trinajstić information content (AvgIpc) is 2.18. The Morgan fingerprint density at radius 2 is 2.00 bits per heavy atom. The summed E-state index contributed by atoms with van der Waals surface area (Å²) in [5, 5.41) is 1.06. The van der Waals surface area contributed by atoms with Gasteiger partial charge in [0.1, 0.15) is 0 Å². The van der Waals surface area contributed by atoms with Crippen LogP contribution in [0.15, 0.2) is 24.3 Å². The molecular weight excluding hydrogens is 172 g/mol. The molecule has 0 amide bonds. The van der Waals surface area contributed by atoms with Gasteiger partial charge in [0.25, 0.3) is 0 Å². The fourth-order valence-corrected chi connectivity index (χ4v) is 1.85. The molecule has 0 saturated heterocycles. The van der Waals surface area contributed by atoms with Crippen molar-refractivity contribution >= 4 is 16.6 Å². The molecular formula is C12H14N2. The minimum atomic E-state index is 0.885. The molecule has 0 bridgehead atoms. The maximum Gasteiger partial charge on any atom is 0.0726 e. The van der Waals surface area contributed by atoms with Gasteiger partial charge in [-0.15, -0.1) is 0 Å². The summed E-state index contributed by atoms with van der Waals surface area (Å²) in [6.45, 7) is 4.12. The summed E-state index contributed by atoms with van der Waals surface area (Å²) in [5.74, 6) is 0. The first-order chi connectivity index (χ1) is 6.74. The van der Waals surface area contributed by atoms with Gasteiger partial charge in [-0.25, -0.2) is 0 Å². The Morgan fingerprint density at radius 3 is 2.71 bits per heavy atom. The fourth-order valence-electron chi connectivity index (χ4n) is 1.85. The molecule has 2 N–H and O–H groups in total. The summed E-state index contributed by atoms with van der Waals surface area (Å²) in [5.41, 5.74) is 10.2. The number of nitrogens with two attached hydrogens (primary N) is 1. The summed E-state index contributed by atoms with van der Waals surface area (Å²) < 4.78 is 0. The van der Waals surface area contributed by atoms with Crippen molar-refractivity contribution in [3.05, 3.63) is 35.5 Å². The smallest absolute Gasteiger partial charge is 0.0726 e. The normalized spacial score (nSPS) is 10.7. The number of fused-ring (bicyclic) bond motifs is 1. The van der Waals surface area contributed by atoms with Gasteiger partial charge >= 0.3 is 0 Å². The maximum atomic E-state index is 6.09. The molecule has 2 nitrogen and oxygen atoms in total. The lowest BCUT2D eigenvalue weighted by molar-refractivity contribution is 1.07. The van der Waals surface area contributed by atoms with Crippen molar-refractivity contribution in [1.29, 1.82) is 0 Å². The molecule has 2 rings (SSSR count). The molecule has 2 aromatic rings.